The molecule has 4 unspecified atom stereocenters. The number of halogens is 4. The Bertz CT molecular complexity index is 1520. The Labute approximate surface area is 246 Å². The van der Waals surface area contributed by atoms with Crippen LogP contribution in [0.5, 0.6) is 0 Å². The monoisotopic (exact) mass is 600 g/mol. The number of pyridine rings is 1. The summed E-state index contributed by atoms with van der Waals surface area (Å²) in [6.45, 7) is 5.85. The molecule has 0 saturated carbocycles. The van der Waals surface area contributed by atoms with Gasteiger partial charge in [-0.25, -0.2) is 18.6 Å². The zero-order chi connectivity index (χ0) is 30.1. The van der Waals surface area contributed by atoms with Gasteiger partial charge >= 0.3 is 5.97 Å². The third kappa shape index (κ3) is 5.91. The van der Waals surface area contributed by atoms with Crippen LogP contribution in [0.1, 0.15) is 54.7 Å². The minimum absolute atomic E-state index is 0.0170. The zero-order valence-corrected chi connectivity index (χ0v) is 24.3. The van der Waals surface area contributed by atoms with Crippen LogP contribution >= 0.6 is 23.2 Å². The van der Waals surface area contributed by atoms with Crippen molar-refractivity contribution in [2.45, 2.75) is 50.6 Å². The van der Waals surface area contributed by atoms with Gasteiger partial charge in [0.05, 0.1) is 36.1 Å². The lowest BCUT2D eigenvalue weighted by Crippen LogP contribution is -2.45. The number of carbonyl (C=O) groups is 2. The van der Waals surface area contributed by atoms with Gasteiger partial charge in [-0.05, 0) is 47.7 Å². The van der Waals surface area contributed by atoms with Crippen molar-refractivity contribution in [1.82, 2.24) is 10.3 Å². The molecule has 2 heterocycles. The molecule has 2 aromatic carbocycles. The Morgan fingerprint density at radius 2 is 1.90 bits per heavy atom. The van der Waals surface area contributed by atoms with E-state index in [0.717, 1.165) is 6.07 Å². The van der Waals surface area contributed by atoms with Gasteiger partial charge < -0.3 is 15.4 Å². The molecule has 1 aromatic heterocycles. The normalized spacial score (nSPS) is 22.2. The molecule has 1 saturated heterocycles. The van der Waals surface area contributed by atoms with E-state index in [2.05, 4.69) is 26.4 Å². The molecule has 3 aromatic rings. The molecule has 0 aliphatic carbocycles. The molecule has 7 nitrogen and oxygen atoms in total. The summed E-state index contributed by atoms with van der Waals surface area (Å²) in [7, 11) is 1.22. The number of hydrogen-bond acceptors (Lipinski definition) is 6. The summed E-state index contributed by atoms with van der Waals surface area (Å²) in [5.41, 5.74) is -1.88. The summed E-state index contributed by atoms with van der Waals surface area (Å²) in [6, 6.07) is 11.4. The van der Waals surface area contributed by atoms with Crippen molar-refractivity contribution in [1.29, 1.82) is 5.26 Å². The molecule has 214 valence electrons. The van der Waals surface area contributed by atoms with Gasteiger partial charge in [0.2, 0.25) is 5.91 Å². The van der Waals surface area contributed by atoms with Crippen molar-refractivity contribution in [2.24, 2.45) is 5.41 Å². The number of nitrogens with one attached hydrogen (secondary N) is 2. The van der Waals surface area contributed by atoms with E-state index < -0.39 is 46.9 Å². The van der Waals surface area contributed by atoms with E-state index in [1.54, 1.807) is 0 Å². The van der Waals surface area contributed by atoms with Gasteiger partial charge in [-0.15, -0.1) is 0 Å². The third-order valence-corrected chi connectivity index (χ3v) is 7.68. The first-order chi connectivity index (χ1) is 19.3. The third-order valence-electron chi connectivity index (χ3n) is 7.16. The second kappa shape index (κ2) is 11.7. The van der Waals surface area contributed by atoms with Crippen LogP contribution in [0.25, 0.3) is 0 Å². The number of esters is 1. The maximum atomic E-state index is 15.7. The summed E-state index contributed by atoms with van der Waals surface area (Å²) >= 11 is 12.2. The standard InChI is InChI=1S/C30H28Cl2F2N4O3/c1-29(2,3)13-23-30(15-35,19-10-8-16(31)12-21(19)33)24(18-6-5-7-20(32)25(18)34)26(38-23)27(39)37-17-9-11-22(36-14-17)28(40)41-4/h5-12,14,23-24,26,38H,13H2,1-4H3,(H,37,39). The minimum atomic E-state index is -1.75. The molecule has 4 rings (SSSR count). The summed E-state index contributed by atoms with van der Waals surface area (Å²) in [5.74, 6) is -4.04. The summed E-state index contributed by atoms with van der Waals surface area (Å²) in [5, 5.41) is 16.8. The van der Waals surface area contributed by atoms with Crippen molar-refractivity contribution in [2.75, 3.05) is 12.4 Å². The van der Waals surface area contributed by atoms with Crippen molar-refractivity contribution in [3.63, 3.8) is 0 Å². The second-order valence-corrected chi connectivity index (χ2v) is 11.9. The molecule has 2 N–H and O–H groups in total. The number of methoxy groups -OCH3 is 1. The van der Waals surface area contributed by atoms with E-state index in [0.29, 0.717) is 6.42 Å². The predicted molar refractivity (Wildman–Crippen MR) is 152 cm³/mol. The molecule has 1 aliphatic rings. The number of amides is 1. The van der Waals surface area contributed by atoms with Gasteiger partial charge in [-0.3, -0.25) is 4.79 Å². The molecule has 0 bridgehead atoms. The Balaban J connectivity index is 1.90. The number of benzene rings is 2. The lowest BCUT2D eigenvalue weighted by Gasteiger charge is -2.37. The first-order valence-corrected chi connectivity index (χ1v) is 13.5. The zero-order valence-electron chi connectivity index (χ0n) is 22.8. The Morgan fingerprint density at radius 1 is 1.17 bits per heavy atom. The van der Waals surface area contributed by atoms with E-state index in [9.17, 15) is 14.9 Å². The van der Waals surface area contributed by atoms with Crippen LogP contribution in [-0.2, 0) is 14.9 Å². The number of nitrogens with zero attached hydrogens (tertiary/aromatic N) is 2. The molecule has 1 fully saturated rings. The molecule has 1 amide bonds. The Hall–Kier alpha value is -3.58. The highest BCUT2D eigenvalue weighted by Crippen LogP contribution is 2.52. The number of hydrogen-bond donors (Lipinski definition) is 2. The fraction of sp³-hybridized carbons (Fsp3) is 0.333. The number of rotatable bonds is 6. The highest BCUT2D eigenvalue weighted by molar-refractivity contribution is 6.31. The smallest absolute Gasteiger partial charge is 0.356 e. The van der Waals surface area contributed by atoms with E-state index >= 15 is 8.78 Å². The van der Waals surface area contributed by atoms with Crippen LogP contribution in [-0.4, -0.2) is 36.1 Å². The van der Waals surface area contributed by atoms with Crippen LogP contribution in [0.2, 0.25) is 10.0 Å². The molecular formula is C30H28Cl2F2N4O3. The van der Waals surface area contributed by atoms with Crippen LogP contribution in [0, 0.1) is 28.4 Å². The number of nitriles is 1. The van der Waals surface area contributed by atoms with Crippen molar-refractivity contribution in [3.05, 3.63) is 93.2 Å². The van der Waals surface area contributed by atoms with Gasteiger partial charge in [0.15, 0.2) is 0 Å². The Kier molecular flexibility index (Phi) is 8.69. The Morgan fingerprint density at radius 3 is 2.49 bits per heavy atom. The maximum Gasteiger partial charge on any atom is 0.356 e. The quantitative estimate of drug-likeness (QED) is 0.317. The number of ether oxygens (including phenoxy) is 1. The molecule has 0 radical (unpaired) electrons. The SMILES string of the molecule is COC(=O)c1ccc(NC(=O)C2NC(CC(C)(C)C)C(C#N)(c3ccc(Cl)cc3F)C2c2cccc(Cl)c2F)cn1. The summed E-state index contributed by atoms with van der Waals surface area (Å²) in [4.78, 5) is 29.6. The molecule has 11 heteroatoms. The average Bonchev–Trinajstić information content (AvgIpc) is 3.23. The van der Waals surface area contributed by atoms with E-state index in [1.807, 2.05) is 20.8 Å². The molecule has 4 atom stereocenters. The number of aromatic nitrogens is 1. The summed E-state index contributed by atoms with van der Waals surface area (Å²) < 4.78 is 36.1. The van der Waals surface area contributed by atoms with Gasteiger partial charge in [0.1, 0.15) is 22.7 Å². The minimum Gasteiger partial charge on any atom is -0.464 e. The molecule has 1 aliphatic heterocycles. The second-order valence-electron chi connectivity index (χ2n) is 11.1. The van der Waals surface area contributed by atoms with Gasteiger partial charge in [-0.2, -0.15) is 5.26 Å². The van der Waals surface area contributed by atoms with E-state index in [-0.39, 0.29) is 38.0 Å². The highest BCUT2D eigenvalue weighted by atomic mass is 35.5. The fourth-order valence-electron chi connectivity index (χ4n) is 5.47. The highest BCUT2D eigenvalue weighted by Gasteiger charge is 2.61. The largest absolute Gasteiger partial charge is 0.464 e. The molecule has 0 spiro atoms. The summed E-state index contributed by atoms with van der Waals surface area (Å²) in [6.07, 6.45) is 1.61. The molecular weight excluding hydrogens is 573 g/mol. The van der Waals surface area contributed by atoms with Crippen LogP contribution in [0.4, 0.5) is 14.5 Å². The van der Waals surface area contributed by atoms with E-state index in [1.165, 1.54) is 55.8 Å². The predicted octanol–water partition coefficient (Wildman–Crippen LogP) is 6.41. The first-order valence-electron chi connectivity index (χ1n) is 12.7. The van der Waals surface area contributed by atoms with Gasteiger partial charge in [0.25, 0.3) is 0 Å². The van der Waals surface area contributed by atoms with Gasteiger partial charge in [0, 0.05) is 22.5 Å². The number of anilines is 1. The average molecular weight is 601 g/mol. The van der Waals surface area contributed by atoms with Crippen molar-refractivity contribution < 1.29 is 23.1 Å². The fourth-order valence-corrected chi connectivity index (χ4v) is 5.81. The lowest BCUT2D eigenvalue weighted by molar-refractivity contribution is -0.118. The van der Waals surface area contributed by atoms with Crippen LogP contribution < -0.4 is 10.6 Å². The van der Waals surface area contributed by atoms with Crippen LogP contribution in [0.3, 0.4) is 0 Å². The number of carbonyl (C=O) groups excluding carboxylic acids is 2. The van der Waals surface area contributed by atoms with Crippen LogP contribution in [0.15, 0.2) is 54.7 Å². The van der Waals surface area contributed by atoms with Crippen molar-refractivity contribution in [3.8, 4) is 6.07 Å². The van der Waals surface area contributed by atoms with Gasteiger partial charge in [-0.1, -0.05) is 62.2 Å². The topological polar surface area (TPSA) is 104 Å². The van der Waals surface area contributed by atoms with E-state index in [4.69, 9.17) is 23.2 Å². The van der Waals surface area contributed by atoms with Crippen molar-refractivity contribution >= 4 is 40.8 Å². The maximum absolute atomic E-state index is 15.7. The lowest BCUT2D eigenvalue weighted by atomic mass is 9.62. The molecule has 41 heavy (non-hydrogen) atoms. The first kappa shape index (κ1) is 30.4.